The third kappa shape index (κ3) is 1.93. The highest BCUT2D eigenvalue weighted by Gasteiger charge is 2.06. The van der Waals surface area contributed by atoms with Gasteiger partial charge in [-0.15, -0.1) is 0 Å². The summed E-state index contributed by atoms with van der Waals surface area (Å²) < 4.78 is 5.86. The highest BCUT2D eigenvalue weighted by atomic mass is 79.9. The van der Waals surface area contributed by atoms with Gasteiger partial charge in [0, 0.05) is 12.5 Å². The second-order valence-electron chi connectivity index (χ2n) is 2.30. The van der Waals surface area contributed by atoms with E-state index in [0.717, 1.165) is 24.9 Å². The fourth-order valence-corrected chi connectivity index (χ4v) is 1.37. The molecular weight excluding hydrogens is 208 g/mol. The van der Waals surface area contributed by atoms with Gasteiger partial charge >= 0.3 is 0 Å². The summed E-state index contributed by atoms with van der Waals surface area (Å²) in [5.74, 6) is 0.773. The molecule has 2 nitrogen and oxygen atoms in total. The summed E-state index contributed by atoms with van der Waals surface area (Å²) >= 11 is 3.17. The van der Waals surface area contributed by atoms with Crippen LogP contribution in [0.1, 0.15) is 29.5 Å². The first-order valence-electron chi connectivity index (χ1n) is 3.51. The predicted octanol–water partition coefficient (Wildman–Crippen LogP) is 2.81. The minimum absolute atomic E-state index is 0.628. The second kappa shape index (κ2) is 3.72. The smallest absolute Gasteiger partial charge is 0.170 e. The van der Waals surface area contributed by atoms with Gasteiger partial charge in [0.05, 0.1) is 5.56 Å². The van der Waals surface area contributed by atoms with E-state index in [1.54, 1.807) is 6.07 Å². The maximum Gasteiger partial charge on any atom is 0.170 e. The zero-order chi connectivity index (χ0) is 8.27. The lowest BCUT2D eigenvalue weighted by molar-refractivity contribution is 0.112. The predicted molar refractivity (Wildman–Crippen MR) is 45.8 cm³/mol. The van der Waals surface area contributed by atoms with Crippen LogP contribution in [0.5, 0.6) is 0 Å². The zero-order valence-electron chi connectivity index (χ0n) is 6.26. The van der Waals surface area contributed by atoms with Crippen LogP contribution >= 0.6 is 15.9 Å². The van der Waals surface area contributed by atoms with Crippen molar-refractivity contribution in [2.24, 2.45) is 0 Å². The lowest BCUT2D eigenvalue weighted by atomic mass is 10.2. The number of carbonyl (C=O) groups is 1. The SMILES string of the molecule is CCCc1oc(Br)cc1C=O. The number of furan rings is 1. The van der Waals surface area contributed by atoms with Crippen molar-refractivity contribution in [1.29, 1.82) is 0 Å². The van der Waals surface area contributed by atoms with E-state index < -0.39 is 0 Å². The van der Waals surface area contributed by atoms with Crippen LogP contribution in [-0.4, -0.2) is 6.29 Å². The molecule has 11 heavy (non-hydrogen) atoms. The number of aldehydes is 1. The molecule has 1 heterocycles. The highest BCUT2D eigenvalue weighted by molar-refractivity contribution is 9.10. The molecule has 0 unspecified atom stereocenters. The summed E-state index contributed by atoms with van der Waals surface area (Å²) in [7, 11) is 0. The number of aryl methyl sites for hydroxylation is 1. The first-order chi connectivity index (χ1) is 5.27. The monoisotopic (exact) mass is 216 g/mol. The van der Waals surface area contributed by atoms with Gasteiger partial charge in [0.1, 0.15) is 5.76 Å². The fourth-order valence-electron chi connectivity index (χ4n) is 0.931. The van der Waals surface area contributed by atoms with E-state index in [4.69, 9.17) is 4.42 Å². The molecule has 0 aliphatic heterocycles. The van der Waals surface area contributed by atoms with E-state index in [-0.39, 0.29) is 0 Å². The van der Waals surface area contributed by atoms with E-state index in [9.17, 15) is 4.79 Å². The Bertz CT molecular complexity index is 253. The molecule has 0 amide bonds. The summed E-state index contributed by atoms with van der Waals surface area (Å²) in [6.45, 7) is 2.05. The average Bonchev–Trinajstić information content (AvgIpc) is 2.32. The molecular formula is C8H9BrO2. The highest BCUT2D eigenvalue weighted by Crippen LogP contribution is 2.19. The summed E-state index contributed by atoms with van der Waals surface area (Å²) in [6.07, 6.45) is 2.62. The Labute approximate surface area is 73.7 Å². The molecule has 0 N–H and O–H groups in total. The van der Waals surface area contributed by atoms with Gasteiger partial charge < -0.3 is 4.42 Å². The molecule has 0 saturated carbocycles. The van der Waals surface area contributed by atoms with Crippen LogP contribution in [0.4, 0.5) is 0 Å². The van der Waals surface area contributed by atoms with Gasteiger partial charge in [-0.05, 0) is 22.4 Å². The van der Waals surface area contributed by atoms with Crippen molar-refractivity contribution in [1.82, 2.24) is 0 Å². The van der Waals surface area contributed by atoms with Crippen molar-refractivity contribution in [3.8, 4) is 0 Å². The van der Waals surface area contributed by atoms with Crippen molar-refractivity contribution in [2.75, 3.05) is 0 Å². The van der Waals surface area contributed by atoms with Crippen molar-refractivity contribution < 1.29 is 9.21 Å². The van der Waals surface area contributed by atoms with Crippen LogP contribution in [0.25, 0.3) is 0 Å². The topological polar surface area (TPSA) is 30.2 Å². The lowest BCUT2D eigenvalue weighted by Gasteiger charge is -1.91. The number of hydrogen-bond donors (Lipinski definition) is 0. The molecule has 0 aromatic carbocycles. The molecule has 1 rings (SSSR count). The Morgan fingerprint density at radius 2 is 2.45 bits per heavy atom. The molecule has 0 aliphatic carbocycles. The Morgan fingerprint density at radius 1 is 1.73 bits per heavy atom. The van der Waals surface area contributed by atoms with Crippen LogP contribution < -0.4 is 0 Å². The third-order valence-corrected chi connectivity index (χ3v) is 1.81. The van der Waals surface area contributed by atoms with Gasteiger partial charge in [-0.3, -0.25) is 4.79 Å². The van der Waals surface area contributed by atoms with Crippen LogP contribution in [0.2, 0.25) is 0 Å². The molecule has 0 aliphatic rings. The van der Waals surface area contributed by atoms with E-state index in [1.165, 1.54) is 0 Å². The largest absolute Gasteiger partial charge is 0.454 e. The summed E-state index contributed by atoms with van der Waals surface area (Å²) in [6, 6.07) is 1.69. The molecule has 0 atom stereocenters. The Hall–Kier alpha value is -0.570. The van der Waals surface area contributed by atoms with E-state index >= 15 is 0 Å². The van der Waals surface area contributed by atoms with E-state index in [1.807, 2.05) is 6.92 Å². The molecule has 0 bridgehead atoms. The number of carbonyl (C=O) groups excluding carboxylic acids is 1. The summed E-state index contributed by atoms with van der Waals surface area (Å²) in [4.78, 5) is 10.4. The first-order valence-corrected chi connectivity index (χ1v) is 4.30. The fraction of sp³-hybridized carbons (Fsp3) is 0.375. The normalized spacial score (nSPS) is 10.0. The molecule has 1 aromatic heterocycles. The van der Waals surface area contributed by atoms with Crippen LogP contribution in [0.3, 0.4) is 0 Å². The van der Waals surface area contributed by atoms with Gasteiger partial charge in [0.25, 0.3) is 0 Å². The maximum absolute atomic E-state index is 10.4. The van der Waals surface area contributed by atoms with Gasteiger partial charge in [-0.1, -0.05) is 6.92 Å². The van der Waals surface area contributed by atoms with Gasteiger partial charge in [-0.2, -0.15) is 0 Å². The quantitative estimate of drug-likeness (QED) is 0.728. The van der Waals surface area contributed by atoms with Crippen LogP contribution in [0, 0.1) is 0 Å². The molecule has 3 heteroatoms. The van der Waals surface area contributed by atoms with Crippen molar-refractivity contribution in [2.45, 2.75) is 19.8 Å². The van der Waals surface area contributed by atoms with Crippen molar-refractivity contribution in [3.05, 3.63) is 22.1 Å². The van der Waals surface area contributed by atoms with Gasteiger partial charge in [0.2, 0.25) is 0 Å². The van der Waals surface area contributed by atoms with Crippen molar-refractivity contribution >= 4 is 22.2 Å². The molecule has 0 fully saturated rings. The third-order valence-electron chi connectivity index (χ3n) is 1.42. The molecule has 60 valence electrons. The van der Waals surface area contributed by atoms with E-state index in [0.29, 0.717) is 10.2 Å². The van der Waals surface area contributed by atoms with Gasteiger partial charge in [-0.25, -0.2) is 0 Å². The maximum atomic E-state index is 10.4. The molecule has 1 aromatic rings. The first kappa shape index (κ1) is 8.53. The standard InChI is InChI=1S/C8H9BrO2/c1-2-3-7-6(5-10)4-8(9)11-7/h4-5H,2-3H2,1H3. The van der Waals surface area contributed by atoms with Crippen LogP contribution in [-0.2, 0) is 6.42 Å². The Balaban J connectivity index is 2.92. The Morgan fingerprint density at radius 3 is 3.00 bits per heavy atom. The number of rotatable bonds is 3. The Kier molecular flexibility index (Phi) is 2.88. The number of halogens is 1. The minimum atomic E-state index is 0.628. The lowest BCUT2D eigenvalue weighted by Crippen LogP contribution is -1.84. The summed E-state index contributed by atoms with van der Waals surface area (Å²) in [5, 5.41) is 0. The second-order valence-corrected chi connectivity index (χ2v) is 3.08. The van der Waals surface area contributed by atoms with Crippen molar-refractivity contribution in [3.63, 3.8) is 0 Å². The van der Waals surface area contributed by atoms with Crippen LogP contribution in [0.15, 0.2) is 15.2 Å². The molecule has 0 radical (unpaired) electrons. The molecule has 0 spiro atoms. The minimum Gasteiger partial charge on any atom is -0.454 e. The van der Waals surface area contributed by atoms with Gasteiger partial charge in [0.15, 0.2) is 11.0 Å². The van der Waals surface area contributed by atoms with E-state index in [2.05, 4.69) is 15.9 Å². The zero-order valence-corrected chi connectivity index (χ0v) is 7.85. The summed E-state index contributed by atoms with van der Waals surface area (Å²) in [5.41, 5.74) is 0.652. The molecule has 0 saturated heterocycles. The average molecular weight is 217 g/mol. The number of hydrogen-bond acceptors (Lipinski definition) is 2.